The molecule has 0 bridgehead atoms. The monoisotopic (exact) mass is 222 g/mol. The van der Waals surface area contributed by atoms with E-state index < -0.39 is 5.97 Å². The first-order valence-corrected chi connectivity index (χ1v) is 4.78. The van der Waals surface area contributed by atoms with Gasteiger partial charge in [0.25, 0.3) is 0 Å². The number of nitrogens with zero attached hydrogens (tertiary/aromatic N) is 2. The van der Waals surface area contributed by atoms with Gasteiger partial charge in [0, 0.05) is 6.07 Å². The third-order valence-electron chi connectivity index (χ3n) is 2.07. The highest BCUT2D eigenvalue weighted by atomic mass is 16.5. The Labute approximate surface area is 90.9 Å². The Morgan fingerprint density at radius 1 is 1.56 bits per heavy atom. The summed E-state index contributed by atoms with van der Waals surface area (Å²) in [6.07, 6.45) is 0.488. The maximum absolute atomic E-state index is 10.9. The third-order valence-corrected chi connectivity index (χ3v) is 2.07. The fourth-order valence-corrected chi connectivity index (χ4v) is 1.34. The topological polar surface area (TPSA) is 89.4 Å². The molecule has 2 aromatic rings. The number of aryl methyl sites for hydroxylation is 2. The SMILES string of the molecule is CCc1nc(-c2cc(C)on2)oc1C(=O)O. The average Bonchev–Trinajstić information content (AvgIpc) is 2.82. The van der Waals surface area contributed by atoms with Gasteiger partial charge in [0.05, 0.1) is 5.69 Å². The van der Waals surface area contributed by atoms with Crippen molar-refractivity contribution in [2.45, 2.75) is 20.3 Å². The molecule has 1 N–H and O–H groups in total. The fraction of sp³-hybridized carbons (Fsp3) is 0.300. The van der Waals surface area contributed by atoms with Gasteiger partial charge in [-0.05, 0) is 13.3 Å². The zero-order chi connectivity index (χ0) is 11.7. The summed E-state index contributed by atoms with van der Waals surface area (Å²) in [6.45, 7) is 3.54. The van der Waals surface area contributed by atoms with Crippen molar-refractivity contribution in [2.24, 2.45) is 0 Å². The zero-order valence-corrected chi connectivity index (χ0v) is 8.85. The van der Waals surface area contributed by atoms with E-state index in [0.717, 1.165) is 0 Å². The molecule has 6 heteroatoms. The van der Waals surface area contributed by atoms with Crippen molar-refractivity contribution in [3.8, 4) is 11.6 Å². The van der Waals surface area contributed by atoms with Crippen LogP contribution in [0.4, 0.5) is 0 Å². The van der Waals surface area contributed by atoms with Crippen LogP contribution < -0.4 is 0 Å². The van der Waals surface area contributed by atoms with Crippen LogP contribution in [0.5, 0.6) is 0 Å². The highest BCUT2D eigenvalue weighted by Crippen LogP contribution is 2.22. The Morgan fingerprint density at radius 2 is 2.31 bits per heavy atom. The third kappa shape index (κ3) is 1.69. The summed E-state index contributed by atoms with van der Waals surface area (Å²) in [5.41, 5.74) is 0.808. The van der Waals surface area contributed by atoms with Crippen molar-refractivity contribution in [1.82, 2.24) is 10.1 Å². The number of carboxylic acids is 1. The lowest BCUT2D eigenvalue weighted by Gasteiger charge is -1.87. The second kappa shape index (κ2) is 3.80. The minimum absolute atomic E-state index is 0.141. The van der Waals surface area contributed by atoms with Crippen molar-refractivity contribution in [3.05, 3.63) is 23.3 Å². The van der Waals surface area contributed by atoms with E-state index in [1.807, 2.05) is 6.92 Å². The van der Waals surface area contributed by atoms with E-state index in [-0.39, 0.29) is 11.7 Å². The number of rotatable bonds is 3. The number of carbonyl (C=O) groups is 1. The van der Waals surface area contributed by atoms with Gasteiger partial charge in [-0.15, -0.1) is 0 Å². The van der Waals surface area contributed by atoms with Crippen LogP contribution in [0.1, 0.15) is 28.9 Å². The van der Waals surface area contributed by atoms with Gasteiger partial charge in [-0.25, -0.2) is 9.78 Å². The van der Waals surface area contributed by atoms with Crippen molar-refractivity contribution in [1.29, 1.82) is 0 Å². The molecule has 0 unspecified atom stereocenters. The second-order valence-electron chi connectivity index (χ2n) is 3.28. The molecular formula is C10H10N2O4. The molecule has 0 spiro atoms. The summed E-state index contributed by atoms with van der Waals surface area (Å²) in [5.74, 6) is -0.483. The first kappa shape index (κ1) is 10.4. The highest BCUT2D eigenvalue weighted by Gasteiger charge is 2.20. The Morgan fingerprint density at radius 3 is 2.75 bits per heavy atom. The molecular weight excluding hydrogens is 212 g/mol. The van der Waals surface area contributed by atoms with Crippen molar-refractivity contribution in [3.63, 3.8) is 0 Å². The number of hydrogen-bond acceptors (Lipinski definition) is 5. The van der Waals surface area contributed by atoms with E-state index >= 15 is 0 Å². The van der Waals surface area contributed by atoms with Gasteiger partial charge < -0.3 is 14.0 Å². The minimum Gasteiger partial charge on any atom is -0.475 e. The van der Waals surface area contributed by atoms with E-state index in [1.165, 1.54) is 0 Å². The molecule has 0 atom stereocenters. The van der Waals surface area contributed by atoms with Gasteiger partial charge >= 0.3 is 5.97 Å². The smallest absolute Gasteiger partial charge is 0.373 e. The molecule has 6 nitrogen and oxygen atoms in total. The molecule has 84 valence electrons. The highest BCUT2D eigenvalue weighted by molar-refractivity contribution is 5.86. The Bertz CT molecular complexity index is 527. The van der Waals surface area contributed by atoms with Crippen LogP contribution in [0.3, 0.4) is 0 Å². The number of aromatic nitrogens is 2. The van der Waals surface area contributed by atoms with Gasteiger partial charge in [0.2, 0.25) is 11.7 Å². The molecule has 0 amide bonds. The molecule has 0 radical (unpaired) electrons. The minimum atomic E-state index is -1.13. The van der Waals surface area contributed by atoms with Crippen molar-refractivity contribution >= 4 is 5.97 Å². The predicted molar refractivity (Wildman–Crippen MR) is 53.1 cm³/mol. The number of aromatic carboxylic acids is 1. The maximum atomic E-state index is 10.9. The molecule has 0 fully saturated rings. The normalized spacial score (nSPS) is 10.6. The second-order valence-corrected chi connectivity index (χ2v) is 3.28. The number of carboxylic acid groups (broad SMARTS) is 1. The van der Waals surface area contributed by atoms with E-state index in [2.05, 4.69) is 10.1 Å². The molecule has 0 saturated heterocycles. The summed E-state index contributed by atoms with van der Waals surface area (Å²) in [6, 6.07) is 1.64. The van der Waals surface area contributed by atoms with Gasteiger partial charge in [0.15, 0.2) is 5.69 Å². The fourth-order valence-electron chi connectivity index (χ4n) is 1.34. The lowest BCUT2D eigenvalue weighted by atomic mass is 10.3. The first-order chi connectivity index (χ1) is 7.61. The van der Waals surface area contributed by atoms with E-state index in [1.54, 1.807) is 13.0 Å². The molecule has 2 heterocycles. The molecule has 0 aliphatic carbocycles. The van der Waals surface area contributed by atoms with Crippen LogP contribution in [-0.2, 0) is 6.42 Å². The lowest BCUT2D eigenvalue weighted by molar-refractivity contribution is 0.0661. The summed E-state index contributed by atoms with van der Waals surface area (Å²) < 4.78 is 10.00. The van der Waals surface area contributed by atoms with Crippen LogP contribution in [0, 0.1) is 6.92 Å². The Hall–Kier alpha value is -2.11. The van der Waals surface area contributed by atoms with Crippen LogP contribution in [0.2, 0.25) is 0 Å². The Kier molecular flexibility index (Phi) is 2.47. The predicted octanol–water partition coefficient (Wildman–Crippen LogP) is 1.90. The molecule has 0 aliphatic rings. The quantitative estimate of drug-likeness (QED) is 0.852. The molecule has 2 rings (SSSR count). The van der Waals surface area contributed by atoms with Gasteiger partial charge in [-0.1, -0.05) is 12.1 Å². The average molecular weight is 222 g/mol. The van der Waals surface area contributed by atoms with E-state index in [9.17, 15) is 4.79 Å². The maximum Gasteiger partial charge on any atom is 0.373 e. The van der Waals surface area contributed by atoms with E-state index in [0.29, 0.717) is 23.6 Å². The zero-order valence-electron chi connectivity index (χ0n) is 8.85. The summed E-state index contributed by atoms with van der Waals surface area (Å²) in [4.78, 5) is 14.9. The van der Waals surface area contributed by atoms with Gasteiger partial charge in [0.1, 0.15) is 5.76 Å². The van der Waals surface area contributed by atoms with Crippen LogP contribution in [0.15, 0.2) is 15.0 Å². The first-order valence-electron chi connectivity index (χ1n) is 4.78. The summed E-state index contributed by atoms with van der Waals surface area (Å²) in [5, 5.41) is 12.6. The molecule has 0 aliphatic heterocycles. The molecule has 0 aromatic carbocycles. The lowest BCUT2D eigenvalue weighted by Crippen LogP contribution is -1.98. The van der Waals surface area contributed by atoms with Crippen molar-refractivity contribution < 1.29 is 18.8 Å². The molecule has 16 heavy (non-hydrogen) atoms. The number of oxazole rings is 1. The summed E-state index contributed by atoms with van der Waals surface area (Å²) in [7, 11) is 0. The standard InChI is InChI=1S/C10H10N2O4/c1-3-6-8(10(13)14)15-9(11-6)7-4-5(2)16-12-7/h4H,3H2,1-2H3,(H,13,14). The van der Waals surface area contributed by atoms with Crippen LogP contribution in [0.25, 0.3) is 11.6 Å². The number of hydrogen-bond donors (Lipinski definition) is 1. The van der Waals surface area contributed by atoms with Crippen LogP contribution in [-0.4, -0.2) is 21.2 Å². The Balaban J connectivity index is 2.47. The summed E-state index contributed by atoms with van der Waals surface area (Å²) >= 11 is 0. The van der Waals surface area contributed by atoms with Crippen LogP contribution >= 0.6 is 0 Å². The van der Waals surface area contributed by atoms with Gasteiger partial charge in [-0.2, -0.15) is 0 Å². The van der Waals surface area contributed by atoms with Crippen molar-refractivity contribution in [2.75, 3.05) is 0 Å². The van der Waals surface area contributed by atoms with Gasteiger partial charge in [-0.3, -0.25) is 0 Å². The molecule has 0 saturated carbocycles. The van der Waals surface area contributed by atoms with E-state index in [4.69, 9.17) is 14.0 Å². The largest absolute Gasteiger partial charge is 0.475 e. The molecule has 2 aromatic heterocycles.